The third-order valence-corrected chi connectivity index (χ3v) is 20.0. The summed E-state index contributed by atoms with van der Waals surface area (Å²) < 4.78 is 5.69. The van der Waals surface area contributed by atoms with Gasteiger partial charge in [-0.25, -0.2) is 0 Å². The Kier molecular flexibility index (Phi) is 47.4. The second kappa shape index (κ2) is 55.4. The van der Waals surface area contributed by atoms with Crippen LogP contribution in [0.2, 0.25) is 0 Å². The van der Waals surface area contributed by atoms with Gasteiger partial charge in [-0.1, -0.05) is 478 Å². The third-order valence-electron chi connectivity index (χ3n) is 18.9. The lowest BCUT2D eigenvalue weighted by atomic mass is 9.78. The molecular weight excluding hydrogens is 1450 g/mol. The fourth-order valence-corrected chi connectivity index (χ4v) is 12.3. The van der Waals surface area contributed by atoms with Crippen LogP contribution in [-0.2, 0) is 11.8 Å². The molecule has 0 aromatic heterocycles. The maximum Gasteiger partial charge on any atom is 0.127 e. The van der Waals surface area contributed by atoms with Crippen molar-refractivity contribution in [2.75, 3.05) is 0 Å². The maximum absolute atomic E-state index is 5.69. The van der Waals surface area contributed by atoms with Crippen molar-refractivity contribution in [1.82, 2.24) is 0 Å². The van der Waals surface area contributed by atoms with Gasteiger partial charge in [0.25, 0.3) is 0 Å². The number of benzene rings is 15. The summed E-state index contributed by atoms with van der Waals surface area (Å²) in [5, 5.41) is 2.67. The van der Waals surface area contributed by atoms with Gasteiger partial charge in [-0.3, -0.25) is 0 Å². The molecule has 0 aliphatic heterocycles. The van der Waals surface area contributed by atoms with E-state index in [-0.39, 0.29) is 20.3 Å². The highest BCUT2D eigenvalue weighted by Gasteiger charge is 2.22. The molecule has 2 heteroatoms. The number of hydrogen-bond donors (Lipinski definition) is 0. The summed E-state index contributed by atoms with van der Waals surface area (Å²) >= 11 is 1.80. The topological polar surface area (TPSA) is 9.23 Å². The Hall–Kier alpha value is -11.3. The number of hydrogen-bond acceptors (Lipinski definition) is 2. The van der Waals surface area contributed by atoms with Gasteiger partial charge < -0.3 is 4.74 Å². The van der Waals surface area contributed by atoms with E-state index in [2.05, 4.69) is 456 Å². The number of aryl methyl sites for hydroxylation is 18. The molecule has 0 N–H and O–H groups in total. The average molecular weight is 1600 g/mol. The first kappa shape index (κ1) is 102. The minimum atomic E-state index is 0. The molecule has 0 unspecified atom stereocenters. The van der Waals surface area contributed by atoms with Crippen LogP contribution in [0.5, 0.6) is 11.5 Å². The van der Waals surface area contributed by atoms with Crippen LogP contribution < -0.4 is 4.74 Å². The molecule has 15 rings (SSSR count). The molecular formula is C117H142OS. The first-order valence-corrected chi connectivity index (χ1v) is 42.4. The minimum absolute atomic E-state index is 0. The van der Waals surface area contributed by atoms with Gasteiger partial charge in [0.15, 0.2) is 0 Å². The highest BCUT2D eigenvalue weighted by Crippen LogP contribution is 2.33. The summed E-state index contributed by atoms with van der Waals surface area (Å²) in [4.78, 5) is 2.59. The Balaban J connectivity index is 0.000000346. The SMILES string of the molecule is C.C.CC.CCC.Cc1ccc(-c2ccc(C)cc2)cc1.Cc1ccc(C(C)(C)c2ccc(C)cc2)cc1.Cc1ccc(C)cc1.Cc1ccc(C)cc1.Cc1ccc(Cc2ccc(C)cc2)cc1.Cc1ccc(Oc2ccc(C)cc2)cc1.Cc1ccc(Sc2ccc(C)cc2)cc1.Cc1ccc2cc(C)ccc2c1.Cc1cccc(C)c1. The summed E-state index contributed by atoms with van der Waals surface area (Å²) in [5.74, 6) is 1.76. The molecule has 0 spiro atoms. The molecule has 0 aliphatic rings. The molecule has 0 amide bonds. The standard InChI is InChI=1S/C17H20.C15H16.C14H14O.C14H14S.C14H14.C12H12.3C8H10.C3H8.C2H6.2CH4/c1-13-5-9-15(10-6-13)17(3,4)16-11-7-14(2)8-12-16;1-12-3-7-14(8-4-12)11-15-9-5-13(2)6-10-15;2*1-11-3-7-13(8-4-11)15-14-9-5-12(2)6-10-14;1-11-3-7-13(8-4-11)14-9-5-12(2)6-10-14;1-9-3-5-12-8-10(2)4-6-11(12)7-9;2*1-7-3-5-8(2)6-4-7;1-7-4-3-5-8(2)6-7;1-3-2;1-2;;/h5-12H,1-4H3;3-10H,11H2,1-2H3;2*3-10H,1-2H3;3-10H,1-2H3;3-8H,1-2H3;3*3-6H,1-2H3;3H2,1-2H3;1-2H3;2*1H4. The molecule has 0 radical (unpaired) electrons. The van der Waals surface area contributed by atoms with Crippen LogP contribution in [0.4, 0.5) is 0 Å². The van der Waals surface area contributed by atoms with Gasteiger partial charge in [0.1, 0.15) is 11.5 Å². The summed E-state index contributed by atoms with van der Waals surface area (Å²) in [7, 11) is 0. The van der Waals surface area contributed by atoms with E-state index in [1.165, 1.54) is 161 Å². The molecule has 119 heavy (non-hydrogen) atoms. The maximum atomic E-state index is 5.69. The van der Waals surface area contributed by atoms with Crippen LogP contribution in [0, 0.1) is 125 Å². The van der Waals surface area contributed by atoms with Crippen molar-refractivity contribution >= 4 is 22.5 Å². The first-order valence-electron chi connectivity index (χ1n) is 41.6. The van der Waals surface area contributed by atoms with Gasteiger partial charge in [0.05, 0.1) is 0 Å². The number of ether oxygens (including phenoxy) is 1. The van der Waals surface area contributed by atoms with E-state index in [0.29, 0.717) is 0 Å². The Morgan fingerprint density at radius 2 is 0.420 bits per heavy atom. The Labute approximate surface area is 728 Å². The normalized spacial score (nSPS) is 9.82. The van der Waals surface area contributed by atoms with Crippen molar-refractivity contribution in [2.45, 2.75) is 209 Å². The smallest absolute Gasteiger partial charge is 0.127 e. The molecule has 0 saturated heterocycles. The van der Waals surface area contributed by atoms with Crippen molar-refractivity contribution in [1.29, 1.82) is 0 Å². The van der Waals surface area contributed by atoms with E-state index in [1.54, 1.807) is 11.8 Å². The molecule has 622 valence electrons. The van der Waals surface area contributed by atoms with Gasteiger partial charge in [-0.05, 0) is 224 Å². The highest BCUT2D eigenvalue weighted by molar-refractivity contribution is 7.99. The first-order chi connectivity index (χ1) is 56.0. The van der Waals surface area contributed by atoms with Crippen LogP contribution in [0.1, 0.15) is 185 Å². The molecule has 0 bridgehead atoms. The molecule has 0 fully saturated rings. The van der Waals surface area contributed by atoms with E-state index in [9.17, 15) is 0 Å². The fraction of sp³-hybridized carbons (Fsp3) is 0.248. The molecule has 1 nitrogen and oxygen atoms in total. The number of rotatable bonds is 9. The van der Waals surface area contributed by atoms with Crippen molar-refractivity contribution in [3.63, 3.8) is 0 Å². The second-order valence-corrected chi connectivity index (χ2v) is 32.4. The van der Waals surface area contributed by atoms with E-state index in [0.717, 1.165) is 17.9 Å². The van der Waals surface area contributed by atoms with Crippen LogP contribution in [0.3, 0.4) is 0 Å². The lowest BCUT2D eigenvalue weighted by Gasteiger charge is -2.26. The zero-order valence-corrected chi connectivity index (χ0v) is 76.0. The van der Waals surface area contributed by atoms with Gasteiger partial charge >= 0.3 is 0 Å². The molecule has 0 heterocycles. The lowest BCUT2D eigenvalue weighted by molar-refractivity contribution is 0.482. The molecule has 0 saturated carbocycles. The molecule has 15 aromatic carbocycles. The van der Waals surface area contributed by atoms with Crippen molar-refractivity contribution in [3.05, 3.63) is 474 Å². The van der Waals surface area contributed by atoms with Crippen LogP contribution in [-0.4, -0.2) is 0 Å². The van der Waals surface area contributed by atoms with E-state index < -0.39 is 0 Å². The molecule has 15 aromatic rings. The highest BCUT2D eigenvalue weighted by atomic mass is 32.2. The summed E-state index contributed by atoms with van der Waals surface area (Å²) in [5.41, 5.74) is 31.8. The largest absolute Gasteiger partial charge is 0.457 e. The number of fused-ring (bicyclic) bond motifs is 1. The Morgan fingerprint density at radius 1 is 0.227 bits per heavy atom. The fourth-order valence-electron chi connectivity index (χ4n) is 11.5. The summed E-state index contributed by atoms with van der Waals surface area (Å²) in [6.45, 7) is 50.7. The summed E-state index contributed by atoms with van der Waals surface area (Å²) in [6, 6.07) is 124. The third kappa shape index (κ3) is 41.1. The zero-order chi connectivity index (χ0) is 85.7. The zero-order valence-electron chi connectivity index (χ0n) is 75.2. The van der Waals surface area contributed by atoms with E-state index in [4.69, 9.17) is 4.74 Å². The van der Waals surface area contributed by atoms with Crippen molar-refractivity contribution < 1.29 is 4.74 Å². The van der Waals surface area contributed by atoms with Crippen molar-refractivity contribution in [2.24, 2.45) is 0 Å². The predicted molar refractivity (Wildman–Crippen MR) is 532 cm³/mol. The van der Waals surface area contributed by atoms with Crippen LogP contribution in [0.15, 0.2) is 362 Å². The van der Waals surface area contributed by atoms with E-state index in [1.807, 2.05) is 62.4 Å². The van der Waals surface area contributed by atoms with Gasteiger partial charge in [0.2, 0.25) is 0 Å². The second-order valence-electron chi connectivity index (χ2n) is 31.2. The van der Waals surface area contributed by atoms with Gasteiger partial charge in [-0.2, -0.15) is 0 Å². The lowest BCUT2D eigenvalue weighted by Crippen LogP contribution is -2.18. The molecule has 0 atom stereocenters. The summed E-state index contributed by atoms with van der Waals surface area (Å²) in [6.07, 6.45) is 2.28. The Morgan fingerprint density at radius 3 is 0.655 bits per heavy atom. The van der Waals surface area contributed by atoms with Crippen molar-refractivity contribution in [3.8, 4) is 22.6 Å². The monoisotopic (exact) mass is 1600 g/mol. The van der Waals surface area contributed by atoms with Gasteiger partial charge in [-0.15, -0.1) is 0 Å². The van der Waals surface area contributed by atoms with Crippen LogP contribution in [0.25, 0.3) is 21.9 Å². The minimum Gasteiger partial charge on any atom is -0.457 e. The predicted octanol–water partition coefficient (Wildman–Crippen LogP) is 35.1. The van der Waals surface area contributed by atoms with E-state index >= 15 is 0 Å². The molecule has 0 aliphatic carbocycles. The Bertz CT molecular complexity index is 4590. The average Bonchev–Trinajstić information content (AvgIpc) is 0.808. The van der Waals surface area contributed by atoms with Gasteiger partial charge in [0, 0.05) is 15.2 Å². The quantitative estimate of drug-likeness (QED) is 0.142. The van der Waals surface area contributed by atoms with Crippen LogP contribution >= 0.6 is 11.8 Å².